The van der Waals surface area contributed by atoms with Crippen LogP contribution in [0.2, 0.25) is 18.1 Å². The zero-order valence-corrected chi connectivity index (χ0v) is 16.6. The molecule has 23 heavy (non-hydrogen) atoms. The third kappa shape index (κ3) is 5.28. The highest BCUT2D eigenvalue weighted by Crippen LogP contribution is 2.42. The quantitative estimate of drug-likeness (QED) is 0.399. The first kappa shape index (κ1) is 20.6. The summed E-state index contributed by atoms with van der Waals surface area (Å²) in [6, 6.07) is 0. The van der Waals surface area contributed by atoms with Crippen LogP contribution in [0.4, 0.5) is 0 Å². The van der Waals surface area contributed by atoms with E-state index in [-0.39, 0.29) is 30.1 Å². The molecule has 0 aromatic carbocycles. The zero-order chi connectivity index (χ0) is 17.7. The van der Waals surface area contributed by atoms with Gasteiger partial charge in [0, 0.05) is 19.8 Å². The van der Waals surface area contributed by atoms with Crippen LogP contribution in [0.15, 0.2) is 24.8 Å². The van der Waals surface area contributed by atoms with E-state index in [1.54, 1.807) is 0 Å². The second kappa shape index (κ2) is 8.61. The molecule has 0 saturated heterocycles. The fourth-order valence-electron chi connectivity index (χ4n) is 3.20. The van der Waals surface area contributed by atoms with Gasteiger partial charge in [0.05, 0.1) is 0 Å². The smallest absolute Gasteiger partial charge is 0.191 e. The number of aliphatic hydroxyl groups is 2. The number of hydrogen-bond donors (Lipinski definition) is 2. The predicted octanol–water partition coefficient (Wildman–Crippen LogP) is 3.99. The Bertz CT molecular complexity index is 398. The van der Waals surface area contributed by atoms with Crippen LogP contribution < -0.4 is 0 Å². The van der Waals surface area contributed by atoms with E-state index in [1.165, 1.54) is 0 Å². The fourth-order valence-corrected chi connectivity index (χ4v) is 4.26. The Labute approximate surface area is 143 Å². The van der Waals surface area contributed by atoms with E-state index >= 15 is 0 Å². The van der Waals surface area contributed by atoms with E-state index in [2.05, 4.69) is 52.6 Å². The summed E-state index contributed by atoms with van der Waals surface area (Å²) < 4.78 is 6.18. The Morgan fingerprint density at radius 2 is 1.70 bits per heavy atom. The number of hydrogen-bond acceptors (Lipinski definition) is 3. The monoisotopic (exact) mass is 340 g/mol. The SMILES string of the molecule is C=C[C@@H]1C[C@H](C=CCCO[Si](C)(C)C(C)(C)C)[C@@H](CO)[C@H]1CO. The molecule has 0 amide bonds. The summed E-state index contributed by atoms with van der Waals surface area (Å²) in [5.41, 5.74) is 0. The summed E-state index contributed by atoms with van der Waals surface area (Å²) in [4.78, 5) is 0. The lowest BCUT2D eigenvalue weighted by atomic mass is 9.88. The summed E-state index contributed by atoms with van der Waals surface area (Å²) in [5.74, 6) is 0.902. The minimum absolute atomic E-state index is 0.126. The highest BCUT2D eigenvalue weighted by Gasteiger charge is 2.40. The van der Waals surface area contributed by atoms with Crippen molar-refractivity contribution in [2.75, 3.05) is 19.8 Å². The molecule has 1 aliphatic carbocycles. The lowest BCUT2D eigenvalue weighted by molar-refractivity contribution is 0.117. The van der Waals surface area contributed by atoms with Gasteiger partial charge in [-0.05, 0) is 54.6 Å². The van der Waals surface area contributed by atoms with Crippen LogP contribution in [0.25, 0.3) is 0 Å². The van der Waals surface area contributed by atoms with Crippen molar-refractivity contribution in [3.05, 3.63) is 24.8 Å². The molecule has 1 rings (SSSR count). The molecular formula is C19H36O3Si. The lowest BCUT2D eigenvalue weighted by Crippen LogP contribution is -2.40. The van der Waals surface area contributed by atoms with E-state index in [4.69, 9.17) is 4.43 Å². The molecule has 0 bridgehead atoms. The second-order valence-electron chi connectivity index (χ2n) is 8.32. The van der Waals surface area contributed by atoms with E-state index in [0.29, 0.717) is 11.8 Å². The van der Waals surface area contributed by atoms with Crippen LogP contribution in [-0.2, 0) is 4.43 Å². The molecule has 0 aliphatic heterocycles. The third-order valence-electron chi connectivity index (χ3n) is 5.86. The highest BCUT2D eigenvalue weighted by molar-refractivity contribution is 6.74. The van der Waals surface area contributed by atoms with Crippen LogP contribution in [-0.4, -0.2) is 38.4 Å². The first-order valence-corrected chi connectivity index (χ1v) is 11.7. The molecule has 1 saturated carbocycles. The van der Waals surface area contributed by atoms with Crippen molar-refractivity contribution in [2.24, 2.45) is 23.7 Å². The van der Waals surface area contributed by atoms with Crippen molar-refractivity contribution in [3.8, 4) is 0 Å². The maximum atomic E-state index is 9.65. The van der Waals surface area contributed by atoms with Crippen molar-refractivity contribution < 1.29 is 14.6 Å². The molecule has 0 radical (unpaired) electrons. The van der Waals surface area contributed by atoms with Crippen molar-refractivity contribution in [1.82, 2.24) is 0 Å². The largest absolute Gasteiger partial charge is 0.417 e. The molecule has 4 atom stereocenters. The summed E-state index contributed by atoms with van der Waals surface area (Å²) in [7, 11) is -1.66. The molecule has 134 valence electrons. The van der Waals surface area contributed by atoms with Gasteiger partial charge in [-0.1, -0.05) is 39.0 Å². The van der Waals surface area contributed by atoms with Crippen molar-refractivity contribution in [3.63, 3.8) is 0 Å². The maximum absolute atomic E-state index is 9.65. The zero-order valence-electron chi connectivity index (χ0n) is 15.6. The number of allylic oxidation sites excluding steroid dienone is 2. The van der Waals surface area contributed by atoms with Crippen molar-refractivity contribution in [1.29, 1.82) is 0 Å². The molecule has 0 aromatic heterocycles. The molecule has 1 aliphatic rings. The van der Waals surface area contributed by atoms with Crippen LogP contribution >= 0.6 is 0 Å². The first-order valence-electron chi connectivity index (χ1n) is 8.82. The first-order chi connectivity index (χ1) is 10.7. The molecule has 1 fully saturated rings. The lowest BCUT2D eigenvalue weighted by Gasteiger charge is -2.36. The summed E-state index contributed by atoms with van der Waals surface area (Å²) in [6.45, 7) is 16.2. The molecule has 0 spiro atoms. The standard InChI is InChI=1S/C19H36O3Si/c1-7-15-12-16(18(14-21)17(15)13-20)10-8-9-11-22-23(5,6)19(2,3)4/h7-8,10,15-18,20-21H,1,9,11-14H2,2-6H3/t15-,16+,17+,18-/m1/s1. The average molecular weight is 341 g/mol. The van der Waals surface area contributed by atoms with Crippen LogP contribution in [0, 0.1) is 23.7 Å². The van der Waals surface area contributed by atoms with E-state index in [1.807, 2.05) is 6.08 Å². The molecule has 2 N–H and O–H groups in total. The Hall–Kier alpha value is -0.423. The molecule has 0 heterocycles. The second-order valence-corrected chi connectivity index (χ2v) is 13.1. The van der Waals surface area contributed by atoms with Crippen LogP contribution in [0.5, 0.6) is 0 Å². The average Bonchev–Trinajstić information content (AvgIpc) is 2.82. The van der Waals surface area contributed by atoms with E-state index < -0.39 is 8.32 Å². The minimum atomic E-state index is -1.66. The molecule has 0 aromatic rings. The highest BCUT2D eigenvalue weighted by atomic mass is 28.4. The van der Waals surface area contributed by atoms with Gasteiger partial charge >= 0.3 is 0 Å². The van der Waals surface area contributed by atoms with Gasteiger partial charge in [-0.15, -0.1) is 6.58 Å². The van der Waals surface area contributed by atoms with E-state index in [9.17, 15) is 10.2 Å². The molecular weight excluding hydrogens is 304 g/mol. The van der Waals surface area contributed by atoms with Crippen molar-refractivity contribution >= 4 is 8.32 Å². The number of rotatable bonds is 8. The van der Waals surface area contributed by atoms with Gasteiger partial charge in [0.1, 0.15) is 0 Å². The van der Waals surface area contributed by atoms with Gasteiger partial charge in [0.2, 0.25) is 0 Å². The Morgan fingerprint density at radius 1 is 1.13 bits per heavy atom. The number of aliphatic hydroxyl groups excluding tert-OH is 2. The Balaban J connectivity index is 2.50. The van der Waals surface area contributed by atoms with Gasteiger partial charge < -0.3 is 14.6 Å². The van der Waals surface area contributed by atoms with Crippen LogP contribution in [0.1, 0.15) is 33.6 Å². The van der Waals surface area contributed by atoms with Gasteiger partial charge in [0.15, 0.2) is 8.32 Å². The summed E-state index contributed by atoms with van der Waals surface area (Å²) >= 11 is 0. The third-order valence-corrected chi connectivity index (χ3v) is 10.4. The Kier molecular flexibility index (Phi) is 7.72. The molecule has 4 heteroatoms. The van der Waals surface area contributed by atoms with Gasteiger partial charge in [-0.25, -0.2) is 0 Å². The van der Waals surface area contributed by atoms with Gasteiger partial charge in [-0.2, -0.15) is 0 Å². The topological polar surface area (TPSA) is 49.7 Å². The van der Waals surface area contributed by atoms with Gasteiger partial charge in [0.25, 0.3) is 0 Å². The van der Waals surface area contributed by atoms with Crippen LogP contribution in [0.3, 0.4) is 0 Å². The maximum Gasteiger partial charge on any atom is 0.191 e. The predicted molar refractivity (Wildman–Crippen MR) is 99.9 cm³/mol. The minimum Gasteiger partial charge on any atom is -0.417 e. The molecule has 0 unspecified atom stereocenters. The fraction of sp³-hybridized carbons (Fsp3) is 0.789. The Morgan fingerprint density at radius 3 is 2.17 bits per heavy atom. The normalized spacial score (nSPS) is 29.3. The van der Waals surface area contributed by atoms with Gasteiger partial charge in [-0.3, -0.25) is 0 Å². The summed E-state index contributed by atoms with van der Waals surface area (Å²) in [5, 5.41) is 19.5. The van der Waals surface area contributed by atoms with Crippen molar-refractivity contribution in [2.45, 2.75) is 51.7 Å². The summed E-state index contributed by atoms with van der Waals surface area (Å²) in [6.07, 6.45) is 8.20. The van der Waals surface area contributed by atoms with E-state index in [0.717, 1.165) is 19.4 Å². The molecule has 3 nitrogen and oxygen atoms in total.